The lowest BCUT2D eigenvalue weighted by Crippen LogP contribution is -2.46. The van der Waals surface area contributed by atoms with E-state index in [9.17, 15) is 20.2 Å². The largest absolute Gasteiger partial charge is 0.363 e. The highest BCUT2D eigenvalue weighted by atomic mass is 16.6. The van der Waals surface area contributed by atoms with Crippen LogP contribution in [-0.4, -0.2) is 46.1 Å². The summed E-state index contributed by atoms with van der Waals surface area (Å²) in [7, 11) is 0. The third-order valence-corrected chi connectivity index (χ3v) is 4.64. The van der Waals surface area contributed by atoms with Crippen molar-refractivity contribution < 1.29 is 14.4 Å². The molecule has 138 valence electrons. The Kier molecular flexibility index (Phi) is 4.85. The Morgan fingerprint density at radius 1 is 1.12 bits per heavy atom. The lowest BCUT2D eigenvalue weighted by molar-refractivity contribution is -0.393. The molecule has 10 nitrogen and oxygen atoms in total. The van der Waals surface area contributed by atoms with Crippen LogP contribution in [-0.2, 0) is 6.54 Å². The van der Waals surface area contributed by atoms with Crippen LogP contribution >= 0.6 is 0 Å². The van der Waals surface area contributed by atoms with E-state index in [0.717, 1.165) is 42.7 Å². The van der Waals surface area contributed by atoms with Crippen LogP contribution in [0.4, 0.5) is 17.1 Å². The molecule has 0 spiro atoms. The average Bonchev–Trinajstić information content (AvgIpc) is 2.93. The zero-order valence-electron chi connectivity index (χ0n) is 14.5. The smallest absolute Gasteiger partial charge is 0.299 e. The van der Waals surface area contributed by atoms with Crippen molar-refractivity contribution in [3.8, 4) is 0 Å². The first-order valence-corrected chi connectivity index (χ1v) is 8.18. The molecule has 2 heterocycles. The summed E-state index contributed by atoms with van der Waals surface area (Å²) in [5.41, 5.74) is 1.84. The standard InChI is InChI=1S/C16H19N5O5/c1-11-14(12(2)26-17-11)10-18-5-7-19(8-6-18)15-4-3-13(20(22)23)9-16(15)21(24)25/h3-4,9H,5-8,10H2,1-2H3. The summed E-state index contributed by atoms with van der Waals surface area (Å²) < 4.78 is 5.18. The van der Waals surface area contributed by atoms with E-state index in [1.165, 1.54) is 12.1 Å². The molecule has 0 radical (unpaired) electrons. The van der Waals surface area contributed by atoms with Gasteiger partial charge in [-0.1, -0.05) is 5.16 Å². The summed E-state index contributed by atoms with van der Waals surface area (Å²) in [5, 5.41) is 26.1. The number of anilines is 1. The number of piperazine rings is 1. The molecule has 0 atom stereocenters. The monoisotopic (exact) mass is 361 g/mol. The average molecular weight is 361 g/mol. The van der Waals surface area contributed by atoms with Gasteiger partial charge < -0.3 is 9.42 Å². The molecule has 1 aliphatic heterocycles. The molecule has 1 aromatic carbocycles. The minimum atomic E-state index is -0.627. The number of nitro benzene ring substituents is 2. The van der Waals surface area contributed by atoms with Crippen molar-refractivity contribution in [2.45, 2.75) is 20.4 Å². The minimum absolute atomic E-state index is 0.238. The van der Waals surface area contributed by atoms with Gasteiger partial charge >= 0.3 is 0 Å². The highest BCUT2D eigenvalue weighted by Crippen LogP contribution is 2.32. The number of nitrogens with zero attached hydrogens (tertiary/aromatic N) is 5. The van der Waals surface area contributed by atoms with Crippen LogP contribution in [0.1, 0.15) is 17.0 Å². The van der Waals surface area contributed by atoms with Crippen LogP contribution in [0.2, 0.25) is 0 Å². The van der Waals surface area contributed by atoms with E-state index in [1.807, 2.05) is 18.7 Å². The van der Waals surface area contributed by atoms with Crippen LogP contribution in [0, 0.1) is 34.1 Å². The fraction of sp³-hybridized carbons (Fsp3) is 0.438. The van der Waals surface area contributed by atoms with Gasteiger partial charge in [0.05, 0.1) is 21.6 Å². The van der Waals surface area contributed by atoms with E-state index >= 15 is 0 Å². The number of aryl methyl sites for hydroxylation is 2. The molecule has 10 heteroatoms. The van der Waals surface area contributed by atoms with Crippen molar-refractivity contribution in [3.63, 3.8) is 0 Å². The predicted octanol–water partition coefficient (Wildman–Crippen LogP) is 2.43. The van der Waals surface area contributed by atoms with Crippen molar-refractivity contribution in [2.24, 2.45) is 0 Å². The molecule has 0 bridgehead atoms. The number of non-ortho nitro benzene ring substituents is 1. The van der Waals surface area contributed by atoms with E-state index in [1.54, 1.807) is 0 Å². The van der Waals surface area contributed by atoms with Gasteiger partial charge in [-0.15, -0.1) is 0 Å². The molecule has 1 saturated heterocycles. The molecule has 0 N–H and O–H groups in total. The van der Waals surface area contributed by atoms with E-state index in [-0.39, 0.29) is 11.4 Å². The van der Waals surface area contributed by atoms with Gasteiger partial charge in [0, 0.05) is 44.4 Å². The normalized spacial score (nSPS) is 15.2. The summed E-state index contributed by atoms with van der Waals surface area (Å²) in [4.78, 5) is 25.1. The number of hydrogen-bond donors (Lipinski definition) is 0. The number of benzene rings is 1. The van der Waals surface area contributed by atoms with Gasteiger partial charge in [-0.25, -0.2) is 0 Å². The first kappa shape index (κ1) is 17.8. The molecule has 1 fully saturated rings. The number of nitro groups is 2. The number of hydrogen-bond acceptors (Lipinski definition) is 8. The van der Waals surface area contributed by atoms with Gasteiger partial charge in [0.15, 0.2) is 0 Å². The maximum Gasteiger partial charge on any atom is 0.299 e. The minimum Gasteiger partial charge on any atom is -0.363 e. The third kappa shape index (κ3) is 3.49. The molecule has 3 rings (SSSR count). The zero-order chi connectivity index (χ0) is 18.8. The fourth-order valence-electron chi connectivity index (χ4n) is 3.14. The third-order valence-electron chi connectivity index (χ3n) is 4.64. The Bertz CT molecular complexity index is 822. The quantitative estimate of drug-likeness (QED) is 0.588. The van der Waals surface area contributed by atoms with Gasteiger partial charge in [-0.05, 0) is 19.9 Å². The van der Waals surface area contributed by atoms with E-state index < -0.39 is 9.85 Å². The van der Waals surface area contributed by atoms with Gasteiger partial charge in [-0.2, -0.15) is 0 Å². The summed E-state index contributed by atoms with van der Waals surface area (Å²) >= 11 is 0. The topological polar surface area (TPSA) is 119 Å². The molecule has 0 aliphatic carbocycles. The Labute approximate surface area is 149 Å². The van der Waals surface area contributed by atoms with Crippen molar-refractivity contribution in [3.05, 3.63) is 55.4 Å². The van der Waals surface area contributed by atoms with Crippen LogP contribution in [0.3, 0.4) is 0 Å². The van der Waals surface area contributed by atoms with Gasteiger partial charge in [0.1, 0.15) is 11.4 Å². The van der Waals surface area contributed by atoms with Crippen molar-refractivity contribution >= 4 is 17.1 Å². The zero-order valence-corrected chi connectivity index (χ0v) is 14.5. The molecule has 0 saturated carbocycles. The Morgan fingerprint density at radius 2 is 1.81 bits per heavy atom. The number of rotatable bonds is 5. The van der Waals surface area contributed by atoms with Crippen LogP contribution in [0.25, 0.3) is 0 Å². The number of aromatic nitrogens is 1. The van der Waals surface area contributed by atoms with Gasteiger partial charge in [0.25, 0.3) is 11.4 Å². The van der Waals surface area contributed by atoms with E-state index in [0.29, 0.717) is 18.8 Å². The lowest BCUT2D eigenvalue weighted by Gasteiger charge is -2.35. The Hall–Kier alpha value is -3.01. The highest BCUT2D eigenvalue weighted by molar-refractivity contribution is 5.67. The van der Waals surface area contributed by atoms with Crippen molar-refractivity contribution in [1.29, 1.82) is 0 Å². The maximum absolute atomic E-state index is 11.3. The lowest BCUT2D eigenvalue weighted by atomic mass is 10.1. The molecular weight excluding hydrogens is 342 g/mol. The summed E-state index contributed by atoms with van der Waals surface area (Å²) in [6, 6.07) is 3.78. The van der Waals surface area contributed by atoms with Crippen LogP contribution in [0.5, 0.6) is 0 Å². The molecule has 2 aromatic rings. The van der Waals surface area contributed by atoms with Crippen LogP contribution < -0.4 is 4.90 Å². The van der Waals surface area contributed by atoms with Gasteiger partial charge in [0.2, 0.25) is 0 Å². The molecular formula is C16H19N5O5. The Balaban J connectivity index is 1.72. The van der Waals surface area contributed by atoms with Gasteiger partial charge in [-0.3, -0.25) is 25.1 Å². The Morgan fingerprint density at radius 3 is 2.35 bits per heavy atom. The van der Waals surface area contributed by atoms with Crippen LogP contribution in [0.15, 0.2) is 22.7 Å². The molecule has 1 aliphatic rings. The fourth-order valence-corrected chi connectivity index (χ4v) is 3.14. The molecule has 0 amide bonds. The maximum atomic E-state index is 11.3. The molecule has 26 heavy (non-hydrogen) atoms. The SMILES string of the molecule is Cc1noc(C)c1CN1CCN(c2ccc([N+](=O)[O-])cc2[N+](=O)[O-])CC1. The second-order valence-corrected chi connectivity index (χ2v) is 6.25. The predicted molar refractivity (Wildman–Crippen MR) is 93.2 cm³/mol. The van der Waals surface area contributed by atoms with E-state index in [2.05, 4.69) is 10.1 Å². The molecule has 0 unspecified atom stereocenters. The second kappa shape index (κ2) is 7.08. The second-order valence-electron chi connectivity index (χ2n) is 6.25. The van der Waals surface area contributed by atoms with Crippen molar-refractivity contribution in [1.82, 2.24) is 10.1 Å². The summed E-state index contributed by atoms with van der Waals surface area (Å²) in [5.74, 6) is 0.802. The summed E-state index contributed by atoms with van der Waals surface area (Å²) in [6.07, 6.45) is 0. The first-order chi connectivity index (χ1) is 12.4. The summed E-state index contributed by atoms with van der Waals surface area (Å²) in [6.45, 7) is 7.14. The highest BCUT2D eigenvalue weighted by Gasteiger charge is 2.26. The van der Waals surface area contributed by atoms with E-state index in [4.69, 9.17) is 4.52 Å². The molecule has 1 aromatic heterocycles. The first-order valence-electron chi connectivity index (χ1n) is 8.18. The van der Waals surface area contributed by atoms with Crippen molar-refractivity contribution in [2.75, 3.05) is 31.1 Å².